The first-order chi connectivity index (χ1) is 4.98. The van der Waals surface area contributed by atoms with Crippen molar-refractivity contribution >= 4 is 11.6 Å². The van der Waals surface area contributed by atoms with E-state index in [0.29, 0.717) is 0 Å². The van der Waals surface area contributed by atoms with Crippen LogP contribution in [0.25, 0.3) is 0 Å². The van der Waals surface area contributed by atoms with Crippen molar-refractivity contribution in [3.8, 4) is 0 Å². The molecule has 0 aliphatic rings. The molecule has 0 unspecified atom stereocenters. The highest BCUT2D eigenvalue weighted by Gasteiger charge is 2.36. The molecule has 0 rings (SSSR count). The van der Waals surface area contributed by atoms with Gasteiger partial charge in [-0.3, -0.25) is 9.59 Å². The predicted molar refractivity (Wildman–Crippen MR) is 40.1 cm³/mol. The molecule has 0 spiro atoms. The van der Waals surface area contributed by atoms with Crippen LogP contribution in [0.3, 0.4) is 0 Å². The van der Waals surface area contributed by atoms with Gasteiger partial charge in [0.2, 0.25) is 5.78 Å². The number of ketones is 2. The van der Waals surface area contributed by atoms with Gasteiger partial charge in [-0.15, -0.1) is 0 Å². The molecule has 11 heavy (non-hydrogen) atoms. The van der Waals surface area contributed by atoms with Gasteiger partial charge in [-0.05, 0) is 12.8 Å². The molecule has 0 saturated heterocycles. The molecule has 0 aromatic heterocycles. The Morgan fingerprint density at radius 3 is 1.73 bits per heavy atom. The first-order valence-electron chi connectivity index (χ1n) is 3.72. The molecule has 0 fully saturated rings. The van der Waals surface area contributed by atoms with Crippen molar-refractivity contribution in [3.63, 3.8) is 0 Å². The van der Waals surface area contributed by atoms with Crippen LogP contribution >= 0.6 is 0 Å². The molecule has 0 aliphatic carbocycles. The smallest absolute Gasteiger partial charge is 0.235 e. The fourth-order valence-corrected chi connectivity index (χ4v) is 0.887. The van der Waals surface area contributed by atoms with E-state index in [1.165, 1.54) is 0 Å². The van der Waals surface area contributed by atoms with Gasteiger partial charge in [0.15, 0.2) is 11.5 Å². The lowest BCUT2D eigenvalue weighted by atomic mass is 9.92. The van der Waals surface area contributed by atoms with Crippen LogP contribution in [0.4, 0.5) is 4.39 Å². The number of alkyl halides is 1. The van der Waals surface area contributed by atoms with Crippen molar-refractivity contribution in [2.24, 2.45) is 0 Å². The second kappa shape index (κ2) is 3.60. The van der Waals surface area contributed by atoms with E-state index in [1.54, 1.807) is 13.8 Å². The molecule has 0 heterocycles. The number of Topliss-reactive ketones (excluding diaryl/α,β-unsaturated/α-hetero) is 2. The molecular formula is C8H13FO2. The molecular weight excluding hydrogens is 147 g/mol. The molecule has 0 N–H and O–H groups in total. The van der Waals surface area contributed by atoms with E-state index >= 15 is 0 Å². The Morgan fingerprint density at radius 2 is 1.64 bits per heavy atom. The number of rotatable bonds is 4. The van der Waals surface area contributed by atoms with Crippen LogP contribution in [0.5, 0.6) is 0 Å². The van der Waals surface area contributed by atoms with E-state index in [-0.39, 0.29) is 12.8 Å². The molecule has 3 heteroatoms. The van der Waals surface area contributed by atoms with Crippen LogP contribution < -0.4 is 0 Å². The molecule has 0 atom stereocenters. The lowest BCUT2D eigenvalue weighted by Gasteiger charge is -2.17. The largest absolute Gasteiger partial charge is 0.291 e. The standard InChI is InChI=1S/C8H13FO2/c1-4-8(9,5-2)7(11)6(3)10/h4-5H2,1-3H3. The topological polar surface area (TPSA) is 34.1 Å². The van der Waals surface area contributed by atoms with Crippen molar-refractivity contribution in [1.82, 2.24) is 0 Å². The van der Waals surface area contributed by atoms with Gasteiger partial charge in [-0.25, -0.2) is 4.39 Å². The van der Waals surface area contributed by atoms with E-state index < -0.39 is 17.2 Å². The van der Waals surface area contributed by atoms with Gasteiger partial charge < -0.3 is 0 Å². The summed E-state index contributed by atoms with van der Waals surface area (Å²) in [6.07, 6.45) is 0.143. The van der Waals surface area contributed by atoms with Gasteiger partial charge in [0.1, 0.15) is 0 Å². The zero-order valence-electron chi connectivity index (χ0n) is 7.11. The monoisotopic (exact) mass is 160 g/mol. The summed E-state index contributed by atoms with van der Waals surface area (Å²) < 4.78 is 13.3. The minimum absolute atomic E-state index is 0.0713. The van der Waals surface area contributed by atoms with E-state index in [4.69, 9.17) is 0 Å². The second-order valence-corrected chi connectivity index (χ2v) is 2.56. The van der Waals surface area contributed by atoms with Gasteiger partial charge in [0, 0.05) is 6.92 Å². The van der Waals surface area contributed by atoms with Crippen LogP contribution in [0.1, 0.15) is 33.6 Å². The molecule has 0 saturated carbocycles. The Bertz CT molecular complexity index is 171. The summed E-state index contributed by atoms with van der Waals surface area (Å²) in [5.41, 5.74) is -1.92. The number of carbonyl (C=O) groups is 2. The maximum atomic E-state index is 13.3. The summed E-state index contributed by atoms with van der Waals surface area (Å²) in [6, 6.07) is 0. The normalized spacial score (nSPS) is 11.3. The molecule has 0 aromatic rings. The van der Waals surface area contributed by atoms with Crippen LogP contribution in [0.15, 0.2) is 0 Å². The number of halogens is 1. The molecule has 0 radical (unpaired) electrons. The van der Waals surface area contributed by atoms with Crippen LogP contribution in [-0.2, 0) is 9.59 Å². The zero-order chi connectivity index (χ0) is 9.07. The third-order valence-corrected chi connectivity index (χ3v) is 1.85. The van der Waals surface area contributed by atoms with Crippen LogP contribution in [0.2, 0.25) is 0 Å². The lowest BCUT2D eigenvalue weighted by Crippen LogP contribution is -2.36. The number of hydrogen-bond donors (Lipinski definition) is 0. The Hall–Kier alpha value is -0.730. The van der Waals surface area contributed by atoms with Crippen LogP contribution in [-0.4, -0.2) is 17.2 Å². The molecule has 0 bridgehead atoms. The lowest BCUT2D eigenvalue weighted by molar-refractivity contribution is -0.143. The predicted octanol–water partition coefficient (Wildman–Crippen LogP) is 1.67. The average molecular weight is 160 g/mol. The SMILES string of the molecule is CCC(F)(CC)C(=O)C(C)=O. The highest BCUT2D eigenvalue weighted by Crippen LogP contribution is 2.21. The highest BCUT2D eigenvalue weighted by molar-refractivity contribution is 6.39. The third kappa shape index (κ3) is 2.10. The van der Waals surface area contributed by atoms with E-state index in [9.17, 15) is 14.0 Å². The Kier molecular flexibility index (Phi) is 3.36. The van der Waals surface area contributed by atoms with E-state index in [0.717, 1.165) is 6.92 Å². The fourth-order valence-electron chi connectivity index (χ4n) is 0.887. The summed E-state index contributed by atoms with van der Waals surface area (Å²) in [7, 11) is 0. The summed E-state index contributed by atoms with van der Waals surface area (Å²) in [4.78, 5) is 21.4. The minimum atomic E-state index is -1.92. The Labute approximate surface area is 65.8 Å². The second-order valence-electron chi connectivity index (χ2n) is 2.56. The quantitative estimate of drug-likeness (QED) is 0.586. The maximum absolute atomic E-state index is 13.3. The summed E-state index contributed by atoms with van der Waals surface area (Å²) in [6.45, 7) is 4.22. The third-order valence-electron chi connectivity index (χ3n) is 1.85. The van der Waals surface area contributed by atoms with E-state index in [1.807, 2.05) is 0 Å². The van der Waals surface area contributed by atoms with Gasteiger partial charge in [-0.2, -0.15) is 0 Å². The van der Waals surface area contributed by atoms with Crippen molar-refractivity contribution in [3.05, 3.63) is 0 Å². The van der Waals surface area contributed by atoms with Gasteiger partial charge in [0.05, 0.1) is 0 Å². The highest BCUT2D eigenvalue weighted by atomic mass is 19.1. The molecule has 0 aliphatic heterocycles. The minimum Gasteiger partial charge on any atom is -0.291 e. The summed E-state index contributed by atoms with van der Waals surface area (Å²) >= 11 is 0. The van der Waals surface area contributed by atoms with Crippen molar-refractivity contribution in [1.29, 1.82) is 0 Å². The van der Waals surface area contributed by atoms with Gasteiger partial charge in [0.25, 0.3) is 0 Å². The van der Waals surface area contributed by atoms with Gasteiger partial charge >= 0.3 is 0 Å². The average Bonchev–Trinajstić information content (AvgIpc) is 2.01. The molecule has 2 nitrogen and oxygen atoms in total. The number of carbonyl (C=O) groups excluding carboxylic acids is 2. The van der Waals surface area contributed by atoms with E-state index in [2.05, 4.69) is 0 Å². The Balaban J connectivity index is 4.50. The number of hydrogen-bond acceptors (Lipinski definition) is 2. The zero-order valence-corrected chi connectivity index (χ0v) is 7.11. The first-order valence-corrected chi connectivity index (χ1v) is 3.72. The van der Waals surface area contributed by atoms with Crippen LogP contribution in [0, 0.1) is 0 Å². The summed E-state index contributed by atoms with van der Waals surface area (Å²) in [5.74, 6) is -1.60. The summed E-state index contributed by atoms with van der Waals surface area (Å²) in [5, 5.41) is 0. The molecule has 64 valence electrons. The molecule has 0 amide bonds. The molecule has 0 aromatic carbocycles. The Morgan fingerprint density at radius 1 is 1.27 bits per heavy atom. The van der Waals surface area contributed by atoms with Crippen molar-refractivity contribution in [2.45, 2.75) is 39.3 Å². The first kappa shape index (κ1) is 10.3. The van der Waals surface area contributed by atoms with Gasteiger partial charge in [-0.1, -0.05) is 13.8 Å². The maximum Gasteiger partial charge on any atom is 0.235 e. The fraction of sp³-hybridized carbons (Fsp3) is 0.750. The van der Waals surface area contributed by atoms with Crippen molar-refractivity contribution < 1.29 is 14.0 Å². The van der Waals surface area contributed by atoms with Crippen molar-refractivity contribution in [2.75, 3.05) is 0 Å².